The Morgan fingerprint density at radius 1 is 0.915 bits per heavy atom. The summed E-state index contributed by atoms with van der Waals surface area (Å²) < 4.78 is 11.5. The molecule has 1 heterocycles. The number of esters is 1. The smallest absolute Gasteiger partial charge is 0.315 e. The molecule has 0 spiro atoms. The normalized spacial score (nSPS) is 54.4. The van der Waals surface area contributed by atoms with Gasteiger partial charge in [-0.05, 0) is 81.0 Å². The van der Waals surface area contributed by atoms with E-state index in [4.69, 9.17) is 9.47 Å². The standard InChI is InChI=1S/C36H56O11/c1-17-9-10-36(31(45)47-30-27(43)26(42)25(41)22(15-37)46-30)12-11-34(5)19(24(36)18(17)2)7-8-23-32(3)13-21(40)29(44)33(4,16-38)28(32)20(39)14-35(23,34)6/h7,20-30,37-44H,8-16H2,1-6H3/t20?,21-,22-,23-,24+,25-,26+,27-,28-,29+,30+,32-,33+,34-,35-,36+/m1/s1. The number of ether oxygens (including phenoxy) is 2. The number of carbonyl (C=O) groups is 1. The predicted octanol–water partition coefficient (Wildman–Crippen LogP) is 1.33. The van der Waals surface area contributed by atoms with Gasteiger partial charge in [-0.3, -0.25) is 4.79 Å². The minimum absolute atomic E-state index is 0.0210. The monoisotopic (exact) mass is 664 g/mol. The molecule has 1 unspecified atom stereocenters. The number of aliphatic hydroxyl groups is 8. The largest absolute Gasteiger partial charge is 0.432 e. The summed E-state index contributed by atoms with van der Waals surface area (Å²) in [6.07, 6.45) is -4.73. The predicted molar refractivity (Wildman–Crippen MR) is 169 cm³/mol. The zero-order valence-corrected chi connectivity index (χ0v) is 28.6. The van der Waals surface area contributed by atoms with E-state index in [-0.39, 0.29) is 18.4 Å². The van der Waals surface area contributed by atoms with Crippen LogP contribution in [0.3, 0.4) is 0 Å². The van der Waals surface area contributed by atoms with E-state index in [1.165, 1.54) is 5.57 Å². The average Bonchev–Trinajstić information content (AvgIpc) is 3.02. The van der Waals surface area contributed by atoms with Crippen molar-refractivity contribution in [3.8, 4) is 0 Å². The number of hydrogen-bond donors (Lipinski definition) is 8. The van der Waals surface area contributed by atoms with Crippen molar-refractivity contribution in [2.45, 2.75) is 136 Å². The number of carbonyl (C=O) groups excluding carboxylic acids is 1. The molecule has 3 saturated carbocycles. The van der Waals surface area contributed by atoms with E-state index in [0.29, 0.717) is 44.9 Å². The van der Waals surface area contributed by atoms with Crippen LogP contribution in [0.15, 0.2) is 22.8 Å². The lowest BCUT2D eigenvalue weighted by Gasteiger charge is -2.72. The molecular formula is C36H56O11. The summed E-state index contributed by atoms with van der Waals surface area (Å²) in [5.74, 6) is -1.26. The summed E-state index contributed by atoms with van der Waals surface area (Å²) in [6.45, 7) is 11.5. The van der Waals surface area contributed by atoms with Crippen molar-refractivity contribution in [2.75, 3.05) is 13.2 Å². The molecule has 0 radical (unpaired) electrons. The second-order valence-corrected chi connectivity index (χ2v) is 17.0. The Balaban J connectivity index is 1.40. The fraction of sp³-hybridized carbons (Fsp3) is 0.861. The summed E-state index contributed by atoms with van der Waals surface area (Å²) in [6, 6.07) is 0. The second kappa shape index (κ2) is 11.6. The van der Waals surface area contributed by atoms with Crippen molar-refractivity contribution in [2.24, 2.45) is 44.8 Å². The number of hydrogen-bond acceptors (Lipinski definition) is 11. The molecule has 16 atom stereocenters. The third kappa shape index (κ3) is 4.60. The quantitative estimate of drug-likeness (QED) is 0.159. The van der Waals surface area contributed by atoms with Crippen LogP contribution in [0.5, 0.6) is 0 Å². The maximum absolute atomic E-state index is 14.4. The van der Waals surface area contributed by atoms with Crippen molar-refractivity contribution in [1.29, 1.82) is 0 Å². The highest BCUT2D eigenvalue weighted by atomic mass is 16.7. The van der Waals surface area contributed by atoms with Crippen LogP contribution in [-0.2, 0) is 14.3 Å². The maximum atomic E-state index is 14.4. The molecule has 11 heteroatoms. The van der Waals surface area contributed by atoms with Gasteiger partial charge in [-0.15, -0.1) is 0 Å². The minimum Gasteiger partial charge on any atom is -0.432 e. The van der Waals surface area contributed by atoms with Crippen molar-refractivity contribution >= 4 is 5.97 Å². The molecule has 1 saturated heterocycles. The molecule has 6 aliphatic rings. The van der Waals surface area contributed by atoms with Crippen LogP contribution in [0.2, 0.25) is 0 Å². The van der Waals surface area contributed by atoms with E-state index in [1.807, 2.05) is 0 Å². The first-order valence-corrected chi connectivity index (χ1v) is 17.4. The Labute approximate surface area is 277 Å². The Kier molecular flexibility index (Phi) is 8.72. The molecule has 0 aromatic rings. The molecule has 5 aliphatic carbocycles. The first-order chi connectivity index (χ1) is 21.9. The fourth-order valence-corrected chi connectivity index (χ4v) is 12.1. The van der Waals surface area contributed by atoms with E-state index >= 15 is 0 Å². The zero-order chi connectivity index (χ0) is 34.6. The maximum Gasteiger partial charge on any atom is 0.315 e. The highest BCUT2D eigenvalue weighted by molar-refractivity contribution is 5.80. The van der Waals surface area contributed by atoms with Crippen LogP contribution >= 0.6 is 0 Å². The van der Waals surface area contributed by atoms with Gasteiger partial charge in [0, 0.05) is 17.3 Å². The summed E-state index contributed by atoms with van der Waals surface area (Å²) in [5, 5.41) is 85.8. The van der Waals surface area contributed by atoms with Gasteiger partial charge in [0.05, 0.1) is 36.9 Å². The lowest BCUT2D eigenvalue weighted by molar-refractivity contribution is -0.297. The SMILES string of the molecule is CC1=C(C)[C@H]2C3=CC[C@@H]4[C@@]5(C)C[C@@H](O)[C@H](O)[C@@](C)(CO)[C@@H]5C(O)C[C@@]4(C)[C@]3(C)CC[C@@]2(C(=O)O[C@@H]2O[C@H](CO)[C@@H](O)[C@H](O)[C@H]2O)CC1. The van der Waals surface area contributed by atoms with E-state index in [9.17, 15) is 45.6 Å². The molecule has 4 fully saturated rings. The van der Waals surface area contributed by atoms with Crippen molar-refractivity contribution in [3.63, 3.8) is 0 Å². The third-order valence-electron chi connectivity index (χ3n) is 15.0. The van der Waals surface area contributed by atoms with Crippen molar-refractivity contribution in [1.82, 2.24) is 0 Å². The van der Waals surface area contributed by atoms with Crippen LogP contribution in [-0.4, -0.2) is 109 Å². The summed E-state index contributed by atoms with van der Waals surface area (Å²) in [4.78, 5) is 14.4. The van der Waals surface area contributed by atoms with Gasteiger partial charge in [-0.25, -0.2) is 0 Å². The van der Waals surface area contributed by atoms with Crippen LogP contribution < -0.4 is 0 Å². The number of aliphatic hydroxyl groups excluding tert-OH is 8. The van der Waals surface area contributed by atoms with E-state index in [0.717, 1.165) is 11.1 Å². The van der Waals surface area contributed by atoms with E-state index < -0.39 is 94.6 Å². The van der Waals surface area contributed by atoms with Crippen molar-refractivity contribution < 1.29 is 55.1 Å². The molecule has 11 nitrogen and oxygen atoms in total. The van der Waals surface area contributed by atoms with Crippen LogP contribution in [0, 0.1) is 44.8 Å². The van der Waals surface area contributed by atoms with E-state index in [2.05, 4.69) is 40.7 Å². The number of fused-ring (bicyclic) bond motifs is 7. The number of allylic oxidation sites excluding steroid dienone is 4. The summed E-state index contributed by atoms with van der Waals surface area (Å²) in [7, 11) is 0. The Hall–Kier alpha value is -1.41. The molecule has 1 aliphatic heterocycles. The van der Waals surface area contributed by atoms with Gasteiger partial charge in [0.25, 0.3) is 0 Å². The van der Waals surface area contributed by atoms with Gasteiger partial charge < -0.3 is 50.3 Å². The van der Waals surface area contributed by atoms with Gasteiger partial charge in [0.2, 0.25) is 6.29 Å². The second-order valence-electron chi connectivity index (χ2n) is 17.0. The van der Waals surface area contributed by atoms with Crippen LogP contribution in [0.4, 0.5) is 0 Å². The molecule has 8 N–H and O–H groups in total. The molecule has 0 bridgehead atoms. The van der Waals surface area contributed by atoms with Crippen LogP contribution in [0.25, 0.3) is 0 Å². The minimum atomic E-state index is -1.69. The molecular weight excluding hydrogens is 608 g/mol. The fourth-order valence-electron chi connectivity index (χ4n) is 12.1. The Morgan fingerprint density at radius 3 is 2.23 bits per heavy atom. The highest BCUT2D eigenvalue weighted by Crippen LogP contribution is 2.75. The molecule has 266 valence electrons. The van der Waals surface area contributed by atoms with Gasteiger partial charge in [-0.1, -0.05) is 50.5 Å². The molecule has 0 aromatic heterocycles. The van der Waals surface area contributed by atoms with Gasteiger partial charge in [0.15, 0.2) is 0 Å². The Morgan fingerprint density at radius 2 is 1.60 bits per heavy atom. The first kappa shape index (κ1) is 35.4. The topological polar surface area (TPSA) is 197 Å². The van der Waals surface area contributed by atoms with Crippen molar-refractivity contribution in [3.05, 3.63) is 22.8 Å². The summed E-state index contributed by atoms with van der Waals surface area (Å²) in [5.41, 5.74) is -0.117. The first-order valence-electron chi connectivity index (χ1n) is 17.4. The van der Waals surface area contributed by atoms with Gasteiger partial charge in [0.1, 0.15) is 24.4 Å². The molecule has 0 amide bonds. The lowest BCUT2D eigenvalue weighted by Crippen LogP contribution is -2.71. The third-order valence-corrected chi connectivity index (χ3v) is 15.0. The van der Waals surface area contributed by atoms with Gasteiger partial charge in [-0.2, -0.15) is 0 Å². The van der Waals surface area contributed by atoms with Crippen LogP contribution in [0.1, 0.15) is 86.5 Å². The van der Waals surface area contributed by atoms with E-state index in [1.54, 1.807) is 6.92 Å². The Bertz CT molecular complexity index is 1330. The average molecular weight is 665 g/mol. The zero-order valence-electron chi connectivity index (χ0n) is 28.6. The van der Waals surface area contributed by atoms with Gasteiger partial charge >= 0.3 is 5.97 Å². The highest BCUT2D eigenvalue weighted by Gasteiger charge is 2.72. The lowest BCUT2D eigenvalue weighted by atomic mass is 9.33. The molecule has 0 aromatic carbocycles. The number of rotatable bonds is 4. The summed E-state index contributed by atoms with van der Waals surface area (Å²) >= 11 is 0. The molecule has 47 heavy (non-hydrogen) atoms. The molecule has 6 rings (SSSR count).